The molecule has 0 aliphatic carbocycles. The van der Waals surface area contributed by atoms with Crippen LogP contribution in [0.25, 0.3) is 0 Å². The molecular weight excluding hydrogens is 450 g/mol. The van der Waals surface area contributed by atoms with Crippen LogP contribution in [0.15, 0.2) is 36.9 Å². The minimum Gasteiger partial charge on any atom is -0.508 e. The highest BCUT2D eigenvalue weighted by atomic mass is 79.9. The van der Waals surface area contributed by atoms with Crippen molar-refractivity contribution in [1.29, 1.82) is 0 Å². The summed E-state index contributed by atoms with van der Waals surface area (Å²) in [5.41, 5.74) is 0.166. The van der Waals surface area contributed by atoms with Crippen LogP contribution in [0.5, 0.6) is 5.75 Å². The summed E-state index contributed by atoms with van der Waals surface area (Å²) >= 11 is 4.62. The van der Waals surface area contributed by atoms with Gasteiger partial charge in [0.1, 0.15) is 29.9 Å². The van der Waals surface area contributed by atoms with E-state index >= 15 is 0 Å². The monoisotopic (exact) mass is 469 g/mol. The number of hydrogen-bond donors (Lipinski definition) is 2. The number of esters is 1. The van der Waals surface area contributed by atoms with Gasteiger partial charge in [0.25, 0.3) is 0 Å². The Morgan fingerprint density at radius 1 is 1.39 bits per heavy atom. The molecule has 0 spiro atoms. The number of carbonyl (C=O) groups excluding carboxylic acids is 3. The van der Waals surface area contributed by atoms with E-state index in [0.29, 0.717) is 0 Å². The van der Waals surface area contributed by atoms with E-state index in [1.54, 1.807) is 0 Å². The number of carbonyl (C=O) groups is 3. The first-order chi connectivity index (χ1) is 13.1. The van der Waals surface area contributed by atoms with Crippen molar-refractivity contribution in [3.63, 3.8) is 0 Å². The zero-order valence-corrected chi connectivity index (χ0v) is 17.7. The van der Waals surface area contributed by atoms with Crippen molar-refractivity contribution in [3.8, 4) is 5.75 Å². The number of aromatic hydroxyl groups is 1. The largest absolute Gasteiger partial charge is 0.508 e. The van der Waals surface area contributed by atoms with Crippen molar-refractivity contribution in [1.82, 2.24) is 4.90 Å². The van der Waals surface area contributed by atoms with E-state index < -0.39 is 44.3 Å². The van der Waals surface area contributed by atoms with E-state index in [1.165, 1.54) is 47.0 Å². The minimum atomic E-state index is -1.66. The second-order valence-electron chi connectivity index (χ2n) is 7.19. The SMILES string of the molecule is C=CCOC(=O)[C@@H]1N2C(=O)C(Br)([C@H](O)C(=O)c3ccc(O)cc3)[C@H]2SC1(C)C. The van der Waals surface area contributed by atoms with Gasteiger partial charge < -0.3 is 19.8 Å². The molecular formula is C19H20BrNO6S. The van der Waals surface area contributed by atoms with Gasteiger partial charge >= 0.3 is 5.97 Å². The van der Waals surface area contributed by atoms with Crippen molar-refractivity contribution in [2.24, 2.45) is 0 Å². The molecule has 4 atom stereocenters. The van der Waals surface area contributed by atoms with Crippen molar-refractivity contribution in [2.45, 2.75) is 40.4 Å². The Balaban J connectivity index is 1.86. The molecule has 2 saturated heterocycles. The Morgan fingerprint density at radius 2 is 2.00 bits per heavy atom. The van der Waals surface area contributed by atoms with Gasteiger partial charge in [-0.25, -0.2) is 4.79 Å². The fourth-order valence-corrected chi connectivity index (χ4v) is 6.03. The van der Waals surface area contributed by atoms with Crippen molar-refractivity contribution in [2.75, 3.05) is 6.61 Å². The van der Waals surface area contributed by atoms with E-state index in [-0.39, 0.29) is 17.9 Å². The van der Waals surface area contributed by atoms with Crippen molar-refractivity contribution in [3.05, 3.63) is 42.5 Å². The summed E-state index contributed by atoms with van der Waals surface area (Å²) in [6, 6.07) is 4.57. The number of benzene rings is 1. The average Bonchev–Trinajstić information content (AvgIpc) is 2.94. The van der Waals surface area contributed by atoms with Crippen LogP contribution in [0, 0.1) is 0 Å². The molecule has 150 valence electrons. The number of Topliss-reactive ketones (excluding diaryl/α,β-unsaturated/α-hetero) is 1. The Kier molecular flexibility index (Phi) is 5.37. The van der Waals surface area contributed by atoms with E-state index in [1.807, 2.05) is 13.8 Å². The maximum atomic E-state index is 13.0. The number of aliphatic hydroxyl groups excluding tert-OH is 1. The number of phenolic OH excluding ortho intramolecular Hbond substituents is 1. The number of ketones is 1. The molecule has 3 rings (SSSR count). The molecule has 2 N–H and O–H groups in total. The number of β-lactam (4-membered cyclic amide) rings is 1. The number of nitrogens with zero attached hydrogens (tertiary/aromatic N) is 1. The second-order valence-corrected chi connectivity index (χ2v) is 10.2. The van der Waals surface area contributed by atoms with Gasteiger partial charge in [-0.05, 0) is 38.1 Å². The Hall–Kier alpha value is -1.84. The lowest BCUT2D eigenvalue weighted by Gasteiger charge is -2.51. The fraction of sp³-hybridized carbons (Fsp3) is 0.421. The van der Waals surface area contributed by atoms with Gasteiger partial charge in [0, 0.05) is 10.3 Å². The summed E-state index contributed by atoms with van der Waals surface area (Å²) in [6.45, 7) is 7.15. The van der Waals surface area contributed by atoms with Gasteiger partial charge in [-0.3, -0.25) is 9.59 Å². The maximum absolute atomic E-state index is 13.0. The number of rotatable bonds is 6. The number of fused-ring (bicyclic) bond motifs is 1. The molecule has 1 aromatic rings. The smallest absolute Gasteiger partial charge is 0.330 e. The predicted molar refractivity (Wildman–Crippen MR) is 107 cm³/mol. The van der Waals surface area contributed by atoms with Crippen LogP contribution in [0.1, 0.15) is 24.2 Å². The van der Waals surface area contributed by atoms with E-state index in [4.69, 9.17) is 4.74 Å². The van der Waals surface area contributed by atoms with Crippen LogP contribution in [0.3, 0.4) is 0 Å². The maximum Gasteiger partial charge on any atom is 0.330 e. The zero-order chi connectivity index (χ0) is 20.9. The highest BCUT2D eigenvalue weighted by Crippen LogP contribution is 2.59. The highest BCUT2D eigenvalue weighted by Gasteiger charge is 2.74. The highest BCUT2D eigenvalue weighted by molar-refractivity contribution is 9.10. The number of ether oxygens (including phenoxy) is 1. The van der Waals surface area contributed by atoms with Crippen LogP contribution in [-0.2, 0) is 14.3 Å². The second kappa shape index (κ2) is 7.20. The summed E-state index contributed by atoms with van der Waals surface area (Å²) in [5.74, 6) is -1.77. The van der Waals surface area contributed by atoms with Gasteiger partial charge in [0.05, 0.1) is 0 Å². The Labute approximate surface area is 174 Å². The molecule has 0 bridgehead atoms. The molecule has 2 aliphatic heterocycles. The number of hydrogen-bond acceptors (Lipinski definition) is 7. The number of alkyl halides is 1. The molecule has 9 heteroatoms. The minimum absolute atomic E-state index is 0.0144. The number of aliphatic hydroxyl groups is 1. The lowest BCUT2D eigenvalue weighted by Crippen LogP contribution is -2.75. The molecule has 2 aliphatic rings. The molecule has 1 unspecified atom stereocenters. The normalized spacial score (nSPS) is 28.9. The number of amides is 1. The lowest BCUT2D eigenvalue weighted by atomic mass is 9.84. The summed E-state index contributed by atoms with van der Waals surface area (Å²) in [4.78, 5) is 39.5. The number of thioether (sulfide) groups is 1. The van der Waals surface area contributed by atoms with E-state index in [0.717, 1.165) is 0 Å². The summed E-state index contributed by atoms with van der Waals surface area (Å²) in [7, 11) is 0. The molecule has 0 saturated carbocycles. The first-order valence-corrected chi connectivity index (χ1v) is 10.2. The third kappa shape index (κ3) is 3.05. The summed E-state index contributed by atoms with van der Waals surface area (Å²) in [5, 5.41) is 19.5. The first-order valence-electron chi connectivity index (χ1n) is 8.54. The van der Waals surface area contributed by atoms with Crippen LogP contribution < -0.4 is 0 Å². The topological polar surface area (TPSA) is 104 Å². The fourth-order valence-electron chi connectivity index (χ4n) is 3.47. The zero-order valence-electron chi connectivity index (χ0n) is 15.3. The molecule has 1 amide bonds. The Morgan fingerprint density at radius 3 is 2.57 bits per heavy atom. The predicted octanol–water partition coefficient (Wildman–Crippen LogP) is 1.86. The van der Waals surface area contributed by atoms with Crippen LogP contribution in [0.4, 0.5) is 0 Å². The Bertz CT molecular complexity index is 841. The van der Waals surface area contributed by atoms with Crippen LogP contribution in [0.2, 0.25) is 0 Å². The quantitative estimate of drug-likeness (QED) is 0.215. The molecule has 0 aromatic heterocycles. The van der Waals surface area contributed by atoms with Crippen LogP contribution >= 0.6 is 27.7 Å². The molecule has 2 heterocycles. The third-order valence-electron chi connectivity index (χ3n) is 4.89. The van der Waals surface area contributed by atoms with Gasteiger partial charge in [-0.15, -0.1) is 11.8 Å². The molecule has 1 aromatic carbocycles. The lowest BCUT2D eigenvalue weighted by molar-refractivity contribution is -0.166. The van der Waals surface area contributed by atoms with Crippen molar-refractivity contribution >= 4 is 45.4 Å². The molecule has 0 radical (unpaired) electrons. The van der Waals surface area contributed by atoms with Crippen molar-refractivity contribution < 1.29 is 29.3 Å². The van der Waals surface area contributed by atoms with E-state index in [9.17, 15) is 24.6 Å². The molecule has 7 nitrogen and oxygen atoms in total. The van der Waals surface area contributed by atoms with E-state index in [2.05, 4.69) is 22.5 Å². The van der Waals surface area contributed by atoms with Gasteiger partial charge in [0.2, 0.25) is 5.91 Å². The van der Waals surface area contributed by atoms with Gasteiger partial charge in [-0.2, -0.15) is 0 Å². The summed E-state index contributed by atoms with van der Waals surface area (Å²) < 4.78 is 2.92. The third-order valence-corrected chi connectivity index (χ3v) is 8.05. The standard InChI is InChI=1S/C19H20BrNO6S/c1-4-9-27-15(25)13-18(2,3)28-17-19(20,16(26)21(13)17)14(24)12(23)10-5-7-11(22)8-6-10/h4-8,13-14,17,22,24H,1,9H2,2-3H3/t13-,14+,17+,19?/m0/s1. The molecule has 2 fully saturated rings. The van der Waals surface area contributed by atoms with Crippen LogP contribution in [-0.4, -0.2) is 66.0 Å². The summed E-state index contributed by atoms with van der Waals surface area (Å²) in [6.07, 6.45) is -0.214. The van der Waals surface area contributed by atoms with Gasteiger partial charge in [-0.1, -0.05) is 28.6 Å². The number of phenols is 1. The molecule has 28 heavy (non-hydrogen) atoms. The van der Waals surface area contributed by atoms with Gasteiger partial charge in [0.15, 0.2) is 10.1 Å². The average molecular weight is 470 g/mol. The first kappa shape index (κ1) is 20.9. The number of halogens is 1.